The number of hydrogen-bond donors (Lipinski definition) is 2. The fourth-order valence-corrected chi connectivity index (χ4v) is 2.93. The zero-order valence-electron chi connectivity index (χ0n) is 13.5. The van der Waals surface area contributed by atoms with Crippen LogP contribution in [0.3, 0.4) is 0 Å². The standard InChI is InChI=1S/C19H17ClN4O/c20-17-9-16(5-6-18(17)22)23-19(25)15(10-21)12-24-8-7-13-3-1-2-4-14(13)11-24/h1-6,9,12H,7-8,11,22H2,(H,23,25)/b15-12-. The Morgan fingerprint density at radius 3 is 2.76 bits per heavy atom. The van der Waals surface area contributed by atoms with E-state index in [0.29, 0.717) is 22.9 Å². The molecule has 25 heavy (non-hydrogen) atoms. The van der Waals surface area contributed by atoms with Crippen molar-refractivity contribution >= 4 is 28.9 Å². The normalized spacial score (nSPS) is 13.8. The van der Waals surface area contributed by atoms with E-state index in [1.165, 1.54) is 11.1 Å². The summed E-state index contributed by atoms with van der Waals surface area (Å²) >= 11 is 5.95. The van der Waals surface area contributed by atoms with E-state index in [9.17, 15) is 10.1 Å². The third-order valence-electron chi connectivity index (χ3n) is 4.10. The number of anilines is 2. The van der Waals surface area contributed by atoms with Crippen molar-refractivity contribution in [2.75, 3.05) is 17.6 Å². The lowest BCUT2D eigenvalue weighted by molar-refractivity contribution is -0.112. The lowest BCUT2D eigenvalue weighted by Gasteiger charge is -2.27. The number of carbonyl (C=O) groups excluding carboxylic acids is 1. The van der Waals surface area contributed by atoms with Crippen molar-refractivity contribution in [3.8, 4) is 6.07 Å². The molecular weight excluding hydrogens is 336 g/mol. The third kappa shape index (κ3) is 3.93. The summed E-state index contributed by atoms with van der Waals surface area (Å²) in [4.78, 5) is 14.3. The van der Waals surface area contributed by atoms with Gasteiger partial charge in [-0.05, 0) is 35.7 Å². The predicted octanol–water partition coefficient (Wildman–Crippen LogP) is 3.33. The molecule has 1 heterocycles. The molecule has 0 spiro atoms. The molecule has 0 unspecified atom stereocenters. The van der Waals surface area contributed by atoms with Gasteiger partial charge in [-0.1, -0.05) is 35.9 Å². The van der Waals surface area contributed by atoms with Crippen molar-refractivity contribution in [3.63, 3.8) is 0 Å². The van der Waals surface area contributed by atoms with Crippen molar-refractivity contribution in [1.29, 1.82) is 5.26 Å². The van der Waals surface area contributed by atoms with Crippen LogP contribution < -0.4 is 11.1 Å². The summed E-state index contributed by atoms with van der Waals surface area (Å²) in [6.45, 7) is 1.45. The minimum Gasteiger partial charge on any atom is -0.398 e. The molecule has 6 heteroatoms. The highest BCUT2D eigenvalue weighted by Gasteiger charge is 2.16. The third-order valence-corrected chi connectivity index (χ3v) is 4.42. The van der Waals surface area contributed by atoms with E-state index in [1.54, 1.807) is 24.4 Å². The van der Waals surface area contributed by atoms with Crippen LogP contribution in [0.1, 0.15) is 11.1 Å². The number of nitriles is 1. The Balaban J connectivity index is 1.73. The largest absolute Gasteiger partial charge is 0.398 e. The van der Waals surface area contributed by atoms with Gasteiger partial charge >= 0.3 is 0 Å². The van der Waals surface area contributed by atoms with Gasteiger partial charge in [0.15, 0.2) is 0 Å². The minimum atomic E-state index is -0.470. The van der Waals surface area contributed by atoms with E-state index in [2.05, 4.69) is 17.4 Å². The summed E-state index contributed by atoms with van der Waals surface area (Å²) in [7, 11) is 0. The number of hydrogen-bond acceptors (Lipinski definition) is 4. The van der Waals surface area contributed by atoms with Gasteiger partial charge in [-0.25, -0.2) is 0 Å². The number of carbonyl (C=O) groups is 1. The average molecular weight is 353 g/mol. The molecule has 1 aliphatic rings. The molecule has 3 rings (SSSR count). The Bertz CT molecular complexity index is 885. The molecule has 2 aromatic rings. The maximum absolute atomic E-state index is 12.4. The Labute approximate surface area is 151 Å². The molecule has 1 amide bonds. The van der Waals surface area contributed by atoms with Crippen LogP contribution in [0.5, 0.6) is 0 Å². The average Bonchev–Trinajstić information content (AvgIpc) is 2.62. The highest BCUT2D eigenvalue weighted by Crippen LogP contribution is 2.23. The summed E-state index contributed by atoms with van der Waals surface area (Å²) in [5, 5.41) is 12.4. The van der Waals surface area contributed by atoms with Crippen LogP contribution in [0, 0.1) is 11.3 Å². The molecule has 3 N–H and O–H groups in total. The number of nitrogens with two attached hydrogens (primary N) is 1. The fraction of sp³-hybridized carbons (Fsp3) is 0.158. The number of nitrogens with one attached hydrogen (secondary N) is 1. The molecule has 5 nitrogen and oxygen atoms in total. The van der Waals surface area contributed by atoms with Gasteiger partial charge in [0.1, 0.15) is 11.6 Å². The van der Waals surface area contributed by atoms with Crippen molar-refractivity contribution in [2.24, 2.45) is 0 Å². The second-order valence-corrected chi connectivity index (χ2v) is 6.24. The minimum absolute atomic E-state index is 0.0485. The van der Waals surface area contributed by atoms with E-state index >= 15 is 0 Å². The van der Waals surface area contributed by atoms with Crippen LogP contribution in [0.4, 0.5) is 11.4 Å². The van der Waals surface area contributed by atoms with Gasteiger partial charge in [0.2, 0.25) is 0 Å². The lowest BCUT2D eigenvalue weighted by Crippen LogP contribution is -2.27. The van der Waals surface area contributed by atoms with E-state index in [1.807, 2.05) is 23.1 Å². The van der Waals surface area contributed by atoms with E-state index in [0.717, 1.165) is 13.0 Å². The fourth-order valence-electron chi connectivity index (χ4n) is 2.75. The van der Waals surface area contributed by atoms with Crippen molar-refractivity contribution < 1.29 is 4.79 Å². The number of nitrogen functional groups attached to an aromatic ring is 1. The zero-order chi connectivity index (χ0) is 17.8. The second kappa shape index (κ2) is 7.29. The van der Waals surface area contributed by atoms with Crippen molar-refractivity contribution in [2.45, 2.75) is 13.0 Å². The highest BCUT2D eigenvalue weighted by molar-refractivity contribution is 6.33. The number of amides is 1. The first-order valence-electron chi connectivity index (χ1n) is 7.86. The van der Waals surface area contributed by atoms with Crippen LogP contribution in [-0.2, 0) is 17.8 Å². The maximum Gasteiger partial charge on any atom is 0.267 e. The molecule has 0 saturated heterocycles. The van der Waals surface area contributed by atoms with Crippen LogP contribution in [0.15, 0.2) is 54.2 Å². The summed E-state index contributed by atoms with van der Waals surface area (Å²) in [5.74, 6) is -0.470. The number of benzene rings is 2. The number of halogens is 1. The Kier molecular flexibility index (Phi) is 4.92. The quantitative estimate of drug-likeness (QED) is 0.504. The van der Waals surface area contributed by atoms with Crippen molar-refractivity contribution in [1.82, 2.24) is 4.90 Å². The van der Waals surface area contributed by atoms with E-state index in [-0.39, 0.29) is 5.57 Å². The molecule has 126 valence electrons. The second-order valence-electron chi connectivity index (χ2n) is 5.83. The van der Waals surface area contributed by atoms with Gasteiger partial charge in [0.25, 0.3) is 5.91 Å². The molecule has 0 bridgehead atoms. The van der Waals surface area contributed by atoms with Crippen LogP contribution in [0.2, 0.25) is 5.02 Å². The predicted molar refractivity (Wildman–Crippen MR) is 98.7 cm³/mol. The maximum atomic E-state index is 12.4. The molecule has 1 aliphatic heterocycles. The Morgan fingerprint density at radius 1 is 1.28 bits per heavy atom. The van der Waals surface area contributed by atoms with Gasteiger partial charge < -0.3 is 16.0 Å². The molecule has 0 fully saturated rings. The van der Waals surface area contributed by atoms with Gasteiger partial charge in [-0.15, -0.1) is 0 Å². The van der Waals surface area contributed by atoms with Crippen LogP contribution in [-0.4, -0.2) is 17.4 Å². The highest BCUT2D eigenvalue weighted by atomic mass is 35.5. The number of rotatable bonds is 3. The molecule has 0 aromatic heterocycles. The first-order valence-corrected chi connectivity index (χ1v) is 8.24. The molecular formula is C19H17ClN4O. The topological polar surface area (TPSA) is 82.2 Å². The number of fused-ring (bicyclic) bond motifs is 1. The molecule has 0 saturated carbocycles. The first-order chi connectivity index (χ1) is 12.1. The molecule has 0 radical (unpaired) electrons. The molecule has 2 aromatic carbocycles. The van der Waals surface area contributed by atoms with Gasteiger partial charge in [0.05, 0.1) is 10.7 Å². The monoisotopic (exact) mass is 352 g/mol. The Morgan fingerprint density at radius 2 is 2.04 bits per heavy atom. The van der Waals surface area contributed by atoms with Gasteiger partial charge in [0, 0.05) is 25.0 Å². The summed E-state index contributed by atoms with van der Waals surface area (Å²) in [6.07, 6.45) is 2.50. The van der Waals surface area contributed by atoms with Crippen LogP contribution in [0.25, 0.3) is 0 Å². The van der Waals surface area contributed by atoms with Gasteiger partial charge in [-0.2, -0.15) is 5.26 Å². The molecule has 0 aliphatic carbocycles. The van der Waals surface area contributed by atoms with Crippen LogP contribution >= 0.6 is 11.6 Å². The van der Waals surface area contributed by atoms with Gasteiger partial charge in [-0.3, -0.25) is 4.79 Å². The van der Waals surface area contributed by atoms with E-state index in [4.69, 9.17) is 17.3 Å². The Hall–Kier alpha value is -2.97. The SMILES string of the molecule is N#C/C(=C/N1CCc2ccccc2C1)C(=O)Nc1ccc(N)c(Cl)c1. The lowest BCUT2D eigenvalue weighted by atomic mass is 10.0. The van der Waals surface area contributed by atoms with E-state index < -0.39 is 5.91 Å². The molecule has 0 atom stereocenters. The number of nitrogens with zero attached hydrogens (tertiary/aromatic N) is 2. The summed E-state index contributed by atoms with van der Waals surface area (Å²) < 4.78 is 0. The summed E-state index contributed by atoms with van der Waals surface area (Å²) in [5.41, 5.74) is 9.16. The first kappa shape index (κ1) is 16.9. The smallest absolute Gasteiger partial charge is 0.267 e. The van der Waals surface area contributed by atoms with Crippen molar-refractivity contribution in [3.05, 3.63) is 70.4 Å². The summed E-state index contributed by atoms with van der Waals surface area (Å²) in [6, 6.07) is 15.0. The zero-order valence-corrected chi connectivity index (χ0v) is 14.3.